The van der Waals surface area contributed by atoms with Gasteiger partial charge in [-0.3, -0.25) is 0 Å². The second-order valence-corrected chi connectivity index (χ2v) is 5.15. The molecule has 0 spiro atoms. The Morgan fingerprint density at radius 1 is 1.37 bits per heavy atom. The van der Waals surface area contributed by atoms with Gasteiger partial charge in [0.15, 0.2) is 0 Å². The van der Waals surface area contributed by atoms with E-state index in [1.807, 2.05) is 18.2 Å². The van der Waals surface area contributed by atoms with Crippen LogP contribution >= 0.6 is 0 Å². The Hall–Kier alpha value is -1.30. The summed E-state index contributed by atoms with van der Waals surface area (Å²) in [4.78, 5) is 0. The summed E-state index contributed by atoms with van der Waals surface area (Å²) in [7, 11) is 0. The van der Waals surface area contributed by atoms with Crippen molar-refractivity contribution in [3.05, 3.63) is 35.4 Å². The number of nitrogens with two attached hydrogens (primary N) is 1. The van der Waals surface area contributed by atoms with E-state index in [0.29, 0.717) is 11.5 Å². The molecule has 1 unspecified atom stereocenters. The van der Waals surface area contributed by atoms with Gasteiger partial charge in [0.25, 0.3) is 0 Å². The van der Waals surface area contributed by atoms with Crippen molar-refractivity contribution in [2.24, 2.45) is 11.7 Å². The van der Waals surface area contributed by atoms with Crippen molar-refractivity contribution in [3.8, 4) is 11.8 Å². The summed E-state index contributed by atoms with van der Waals surface area (Å²) >= 11 is 0. The normalized spacial score (nSPS) is 19.9. The number of aliphatic hydroxyl groups excluding tert-OH is 1. The fourth-order valence-electron chi connectivity index (χ4n) is 2.49. The Morgan fingerprint density at radius 3 is 2.89 bits per heavy atom. The Kier molecular flexibility index (Phi) is 4.44. The highest BCUT2D eigenvalue weighted by Crippen LogP contribution is 2.23. The second-order valence-electron chi connectivity index (χ2n) is 5.15. The molecule has 2 rings (SSSR count). The van der Waals surface area contributed by atoms with Crippen molar-refractivity contribution in [2.45, 2.75) is 44.6 Å². The Labute approximate surface area is 118 Å². The molecule has 0 radical (unpaired) electrons. The van der Waals surface area contributed by atoms with Gasteiger partial charge >= 0.3 is 0 Å². The van der Waals surface area contributed by atoms with Gasteiger partial charge in [-0.25, -0.2) is 0 Å². The predicted molar refractivity (Wildman–Crippen MR) is 78.5 cm³/mol. The maximum absolute atomic E-state index is 10.0. The van der Waals surface area contributed by atoms with Crippen LogP contribution in [0.25, 0.3) is 0 Å². The Morgan fingerprint density at radius 2 is 2.16 bits per heavy atom. The van der Waals surface area contributed by atoms with E-state index >= 15 is 0 Å². The number of benzene rings is 1. The Bertz CT molecular complexity index is 522. The molecule has 1 aromatic rings. The predicted octanol–water partition coefficient (Wildman–Crippen LogP) is 3.00. The van der Waals surface area contributed by atoms with Crippen LogP contribution in [0.2, 0.25) is 0 Å². The van der Waals surface area contributed by atoms with E-state index in [4.69, 9.17) is 8.48 Å². The van der Waals surface area contributed by atoms with Crippen LogP contribution in [-0.2, 0) is 0 Å². The molecule has 1 fully saturated rings. The monoisotopic (exact) mass is 259 g/mol. The molecule has 2 nitrogen and oxygen atoms in total. The van der Waals surface area contributed by atoms with E-state index in [2.05, 4.69) is 11.8 Å². The standard InChI is InChI=1S/C17H23NO/c18-12-11-17(19)16-8-4-7-15(13-16)10-9-14-5-2-1-3-6-14/h4,7-8,13-14,17,19H,1-3,5-6,11-12,18H2/i12D2. The zero-order chi connectivity index (χ0) is 15.3. The third-order valence-corrected chi connectivity index (χ3v) is 3.61. The second kappa shape index (κ2) is 7.33. The lowest BCUT2D eigenvalue weighted by Crippen LogP contribution is -2.06. The first-order valence-corrected chi connectivity index (χ1v) is 7.02. The fourth-order valence-corrected chi connectivity index (χ4v) is 2.49. The fraction of sp³-hybridized carbons (Fsp3) is 0.529. The van der Waals surface area contributed by atoms with Crippen LogP contribution in [-0.4, -0.2) is 11.6 Å². The van der Waals surface area contributed by atoms with Gasteiger partial charge in [0.05, 0.1) is 6.10 Å². The van der Waals surface area contributed by atoms with Crippen LogP contribution in [0.15, 0.2) is 24.3 Å². The van der Waals surface area contributed by atoms with E-state index < -0.39 is 12.6 Å². The lowest BCUT2D eigenvalue weighted by Gasteiger charge is -2.15. The highest BCUT2D eigenvalue weighted by molar-refractivity contribution is 5.38. The van der Waals surface area contributed by atoms with E-state index in [1.54, 1.807) is 6.07 Å². The van der Waals surface area contributed by atoms with E-state index in [-0.39, 0.29) is 6.42 Å². The molecule has 0 aromatic heterocycles. The van der Waals surface area contributed by atoms with Crippen molar-refractivity contribution in [1.82, 2.24) is 0 Å². The smallest absolute Gasteiger partial charge is 0.0802 e. The maximum Gasteiger partial charge on any atom is 0.0802 e. The molecule has 1 aliphatic rings. The molecule has 102 valence electrons. The molecule has 0 saturated heterocycles. The van der Waals surface area contributed by atoms with Crippen molar-refractivity contribution in [3.63, 3.8) is 0 Å². The van der Waals surface area contributed by atoms with Gasteiger partial charge in [0, 0.05) is 14.2 Å². The van der Waals surface area contributed by atoms with Crippen LogP contribution in [0.3, 0.4) is 0 Å². The van der Waals surface area contributed by atoms with Crippen LogP contribution in [0.1, 0.15) is 58.5 Å². The van der Waals surface area contributed by atoms with Gasteiger partial charge in [0.2, 0.25) is 0 Å². The minimum Gasteiger partial charge on any atom is -0.388 e. The van der Waals surface area contributed by atoms with Gasteiger partial charge in [0.1, 0.15) is 0 Å². The summed E-state index contributed by atoms with van der Waals surface area (Å²) < 4.78 is 14.7. The number of hydrogen-bond donors (Lipinski definition) is 2. The SMILES string of the molecule is [2H]C([2H])(N)CC(O)c1cccc(C#CC2CCCCC2)c1. The molecule has 1 saturated carbocycles. The highest BCUT2D eigenvalue weighted by atomic mass is 16.3. The van der Waals surface area contributed by atoms with Crippen molar-refractivity contribution in [1.29, 1.82) is 0 Å². The summed E-state index contributed by atoms with van der Waals surface area (Å²) in [5.41, 5.74) is 6.85. The Balaban J connectivity index is 2.05. The first kappa shape index (κ1) is 11.5. The van der Waals surface area contributed by atoms with Crippen molar-refractivity contribution in [2.75, 3.05) is 6.50 Å². The van der Waals surface area contributed by atoms with Gasteiger partial charge in [-0.2, -0.15) is 0 Å². The minimum atomic E-state index is -1.87. The van der Waals surface area contributed by atoms with Gasteiger partial charge in [-0.05, 0) is 43.5 Å². The summed E-state index contributed by atoms with van der Waals surface area (Å²) in [5, 5.41) is 10.0. The number of hydrogen-bond acceptors (Lipinski definition) is 2. The van der Waals surface area contributed by atoms with Crippen LogP contribution in [0.4, 0.5) is 0 Å². The molecule has 1 aliphatic carbocycles. The summed E-state index contributed by atoms with van der Waals surface area (Å²) in [5.74, 6) is 7.00. The van der Waals surface area contributed by atoms with Crippen LogP contribution in [0.5, 0.6) is 0 Å². The third-order valence-electron chi connectivity index (χ3n) is 3.61. The maximum atomic E-state index is 10.0. The molecule has 3 N–H and O–H groups in total. The molecule has 0 aliphatic heterocycles. The lowest BCUT2D eigenvalue weighted by molar-refractivity contribution is 0.170. The minimum absolute atomic E-state index is 0.119. The van der Waals surface area contributed by atoms with E-state index in [1.165, 1.54) is 32.1 Å². The van der Waals surface area contributed by atoms with Crippen LogP contribution in [0, 0.1) is 17.8 Å². The molecule has 19 heavy (non-hydrogen) atoms. The van der Waals surface area contributed by atoms with Gasteiger partial charge in [-0.15, -0.1) is 0 Å². The van der Waals surface area contributed by atoms with Crippen molar-refractivity contribution < 1.29 is 7.85 Å². The zero-order valence-corrected chi connectivity index (χ0v) is 11.2. The van der Waals surface area contributed by atoms with Gasteiger partial charge in [-0.1, -0.05) is 43.2 Å². The molecule has 1 atom stereocenters. The quantitative estimate of drug-likeness (QED) is 0.820. The van der Waals surface area contributed by atoms with E-state index in [0.717, 1.165) is 5.56 Å². The molecule has 1 aromatic carbocycles. The zero-order valence-electron chi connectivity index (χ0n) is 13.2. The first-order valence-electron chi connectivity index (χ1n) is 8.02. The molecular weight excluding hydrogens is 234 g/mol. The first-order chi connectivity index (χ1) is 9.94. The summed E-state index contributed by atoms with van der Waals surface area (Å²) in [6.45, 7) is -1.87. The lowest BCUT2D eigenvalue weighted by atomic mass is 9.89. The molecule has 2 heteroatoms. The summed E-state index contributed by atoms with van der Waals surface area (Å²) in [6, 6.07) is 7.37. The van der Waals surface area contributed by atoms with Crippen molar-refractivity contribution >= 4 is 0 Å². The van der Waals surface area contributed by atoms with Gasteiger partial charge < -0.3 is 10.8 Å². The number of rotatable bonds is 3. The average Bonchev–Trinajstić information content (AvgIpc) is 2.45. The molecular formula is C17H23NO. The van der Waals surface area contributed by atoms with Crippen LogP contribution < -0.4 is 5.73 Å². The molecule has 0 amide bonds. The average molecular weight is 259 g/mol. The molecule has 0 heterocycles. The third kappa shape index (κ3) is 4.38. The number of aliphatic hydroxyl groups is 1. The highest BCUT2D eigenvalue weighted by Gasteiger charge is 2.10. The largest absolute Gasteiger partial charge is 0.388 e. The molecule has 0 bridgehead atoms. The topological polar surface area (TPSA) is 46.2 Å². The van der Waals surface area contributed by atoms with E-state index in [9.17, 15) is 5.11 Å². The summed E-state index contributed by atoms with van der Waals surface area (Å²) in [6.07, 6.45) is 5.20.